The van der Waals surface area contributed by atoms with Gasteiger partial charge < -0.3 is 11.1 Å². The Morgan fingerprint density at radius 3 is 2.24 bits per heavy atom. The molecule has 1 amide bonds. The second kappa shape index (κ2) is 6.99. The topological polar surface area (TPSA) is 55.1 Å². The van der Waals surface area contributed by atoms with Crippen molar-refractivity contribution in [1.29, 1.82) is 0 Å². The van der Waals surface area contributed by atoms with Crippen LogP contribution in [0.5, 0.6) is 0 Å². The van der Waals surface area contributed by atoms with Gasteiger partial charge >= 0.3 is 0 Å². The highest BCUT2D eigenvalue weighted by Crippen LogP contribution is 2.07. The van der Waals surface area contributed by atoms with Gasteiger partial charge in [0.05, 0.1) is 0 Å². The minimum atomic E-state index is -0.417. The molecule has 4 heteroatoms. The number of halogens is 1. The van der Waals surface area contributed by atoms with E-state index >= 15 is 0 Å². The molecule has 0 saturated carbocycles. The average Bonchev–Trinajstić information content (AvgIpc) is 2.48. The fourth-order valence-electron chi connectivity index (χ4n) is 2.13. The number of carbonyl (C=O) groups is 1. The number of hydrogen-bond donors (Lipinski definition) is 2. The van der Waals surface area contributed by atoms with Gasteiger partial charge in [0.2, 0.25) is 5.91 Å². The second-order valence-electron chi connectivity index (χ2n) is 5.17. The zero-order valence-electron chi connectivity index (χ0n) is 12.0. The summed E-state index contributed by atoms with van der Waals surface area (Å²) in [5.41, 5.74) is 7.90. The Morgan fingerprint density at radius 2 is 1.67 bits per heavy atom. The molecule has 110 valence electrons. The Hall–Kier alpha value is -2.20. The van der Waals surface area contributed by atoms with E-state index in [1.807, 2.05) is 12.1 Å². The van der Waals surface area contributed by atoms with Crippen LogP contribution in [0.4, 0.5) is 4.39 Å². The van der Waals surface area contributed by atoms with Crippen molar-refractivity contribution in [3.63, 3.8) is 0 Å². The maximum absolute atomic E-state index is 12.8. The van der Waals surface area contributed by atoms with E-state index in [0.29, 0.717) is 12.1 Å². The van der Waals surface area contributed by atoms with Crippen LogP contribution in [0.15, 0.2) is 48.5 Å². The Labute approximate surface area is 124 Å². The molecule has 3 N–H and O–H groups in total. The summed E-state index contributed by atoms with van der Waals surface area (Å²) in [7, 11) is 0. The molecule has 2 rings (SSSR count). The van der Waals surface area contributed by atoms with Crippen molar-refractivity contribution < 1.29 is 9.18 Å². The molecule has 3 nitrogen and oxygen atoms in total. The average molecular weight is 286 g/mol. The van der Waals surface area contributed by atoms with Crippen molar-refractivity contribution in [1.82, 2.24) is 5.32 Å². The lowest BCUT2D eigenvalue weighted by atomic mass is 10.1. The van der Waals surface area contributed by atoms with Crippen LogP contribution in [0.3, 0.4) is 0 Å². The van der Waals surface area contributed by atoms with Gasteiger partial charge in [0, 0.05) is 18.2 Å². The van der Waals surface area contributed by atoms with Crippen molar-refractivity contribution in [3.05, 3.63) is 71.0 Å². The summed E-state index contributed by atoms with van der Waals surface area (Å²) in [4.78, 5) is 11.0. The van der Waals surface area contributed by atoms with Crippen molar-refractivity contribution in [2.75, 3.05) is 0 Å². The van der Waals surface area contributed by atoms with Crippen LogP contribution >= 0.6 is 0 Å². The van der Waals surface area contributed by atoms with Crippen LogP contribution in [0.2, 0.25) is 0 Å². The lowest BCUT2D eigenvalue weighted by molar-refractivity contribution is 0.100. The summed E-state index contributed by atoms with van der Waals surface area (Å²) < 4.78 is 12.8. The van der Waals surface area contributed by atoms with Gasteiger partial charge in [-0.1, -0.05) is 24.3 Å². The van der Waals surface area contributed by atoms with E-state index in [-0.39, 0.29) is 11.9 Å². The Balaban J connectivity index is 1.84. The number of amides is 1. The maximum Gasteiger partial charge on any atom is 0.248 e. The summed E-state index contributed by atoms with van der Waals surface area (Å²) in [5.74, 6) is -0.631. The number of rotatable bonds is 6. The Morgan fingerprint density at radius 1 is 1.10 bits per heavy atom. The van der Waals surface area contributed by atoms with Crippen LogP contribution < -0.4 is 11.1 Å². The van der Waals surface area contributed by atoms with Crippen molar-refractivity contribution in [2.24, 2.45) is 5.73 Å². The van der Waals surface area contributed by atoms with E-state index in [9.17, 15) is 9.18 Å². The molecule has 21 heavy (non-hydrogen) atoms. The standard InChI is InChI=1S/C17H19FN2O/c1-12(10-13-4-8-16(18)9-5-13)20-11-14-2-6-15(7-3-14)17(19)21/h2-9,12,20H,10-11H2,1H3,(H2,19,21). The van der Waals surface area contributed by atoms with Crippen molar-refractivity contribution in [3.8, 4) is 0 Å². The molecule has 0 spiro atoms. The monoisotopic (exact) mass is 286 g/mol. The predicted octanol–water partition coefficient (Wildman–Crippen LogP) is 2.65. The van der Waals surface area contributed by atoms with Crippen LogP contribution in [0.1, 0.15) is 28.4 Å². The highest BCUT2D eigenvalue weighted by atomic mass is 19.1. The van der Waals surface area contributed by atoms with Crippen LogP contribution in [-0.4, -0.2) is 11.9 Å². The van der Waals surface area contributed by atoms with Gasteiger partial charge in [-0.2, -0.15) is 0 Å². The number of benzene rings is 2. The summed E-state index contributed by atoms with van der Waals surface area (Å²) in [6.45, 7) is 2.79. The third-order valence-corrected chi connectivity index (χ3v) is 3.35. The van der Waals surface area contributed by atoms with Gasteiger partial charge in [-0.15, -0.1) is 0 Å². The van der Waals surface area contributed by atoms with E-state index in [4.69, 9.17) is 5.73 Å². The fraction of sp³-hybridized carbons (Fsp3) is 0.235. The first-order valence-corrected chi connectivity index (χ1v) is 6.91. The molecule has 2 aromatic rings. The number of hydrogen-bond acceptors (Lipinski definition) is 2. The Kier molecular flexibility index (Phi) is 5.06. The van der Waals surface area contributed by atoms with E-state index in [0.717, 1.165) is 17.5 Å². The van der Waals surface area contributed by atoms with Gasteiger partial charge in [-0.25, -0.2) is 4.39 Å². The molecule has 0 aromatic heterocycles. The van der Waals surface area contributed by atoms with Gasteiger partial charge in [-0.05, 0) is 48.7 Å². The first kappa shape index (κ1) is 15.2. The zero-order valence-corrected chi connectivity index (χ0v) is 12.0. The second-order valence-corrected chi connectivity index (χ2v) is 5.17. The SMILES string of the molecule is CC(Cc1ccc(F)cc1)NCc1ccc(C(N)=O)cc1. The molecular formula is C17H19FN2O. The number of nitrogens with one attached hydrogen (secondary N) is 1. The first-order chi connectivity index (χ1) is 10.0. The van der Waals surface area contributed by atoms with Crippen LogP contribution in [0, 0.1) is 5.82 Å². The van der Waals surface area contributed by atoms with Gasteiger partial charge in [-0.3, -0.25) is 4.79 Å². The smallest absolute Gasteiger partial charge is 0.248 e. The lowest BCUT2D eigenvalue weighted by Gasteiger charge is -2.14. The predicted molar refractivity (Wildman–Crippen MR) is 81.4 cm³/mol. The third kappa shape index (κ3) is 4.68. The lowest BCUT2D eigenvalue weighted by Crippen LogP contribution is -2.27. The van der Waals surface area contributed by atoms with E-state index in [1.165, 1.54) is 12.1 Å². The number of primary amides is 1. The molecule has 0 radical (unpaired) electrons. The molecular weight excluding hydrogens is 267 g/mol. The van der Waals surface area contributed by atoms with Crippen LogP contribution in [-0.2, 0) is 13.0 Å². The van der Waals surface area contributed by atoms with Crippen molar-refractivity contribution >= 4 is 5.91 Å². The number of carbonyl (C=O) groups excluding carboxylic acids is 1. The number of nitrogens with two attached hydrogens (primary N) is 1. The van der Waals surface area contributed by atoms with Crippen LogP contribution in [0.25, 0.3) is 0 Å². The molecule has 2 aromatic carbocycles. The summed E-state index contributed by atoms with van der Waals surface area (Å²) in [6, 6.07) is 14.1. The largest absolute Gasteiger partial charge is 0.366 e. The molecule has 0 aliphatic heterocycles. The summed E-state index contributed by atoms with van der Waals surface area (Å²) in [6.07, 6.45) is 0.833. The third-order valence-electron chi connectivity index (χ3n) is 3.35. The van der Waals surface area contributed by atoms with E-state index in [2.05, 4.69) is 12.2 Å². The molecule has 0 heterocycles. The fourth-order valence-corrected chi connectivity index (χ4v) is 2.13. The molecule has 0 aliphatic rings. The van der Waals surface area contributed by atoms with Gasteiger partial charge in [0.15, 0.2) is 0 Å². The maximum atomic E-state index is 12.8. The van der Waals surface area contributed by atoms with Gasteiger partial charge in [0.25, 0.3) is 0 Å². The normalized spacial score (nSPS) is 12.1. The van der Waals surface area contributed by atoms with E-state index < -0.39 is 5.91 Å². The minimum Gasteiger partial charge on any atom is -0.366 e. The quantitative estimate of drug-likeness (QED) is 0.857. The van der Waals surface area contributed by atoms with Gasteiger partial charge in [0.1, 0.15) is 5.82 Å². The molecule has 0 fully saturated rings. The van der Waals surface area contributed by atoms with E-state index in [1.54, 1.807) is 24.3 Å². The molecule has 1 unspecified atom stereocenters. The summed E-state index contributed by atoms with van der Waals surface area (Å²) >= 11 is 0. The molecule has 0 bridgehead atoms. The molecule has 0 aliphatic carbocycles. The first-order valence-electron chi connectivity index (χ1n) is 6.91. The molecule has 1 atom stereocenters. The summed E-state index contributed by atoms with van der Waals surface area (Å²) in [5, 5.41) is 3.40. The highest BCUT2D eigenvalue weighted by Gasteiger charge is 2.04. The Bertz CT molecular complexity index is 593. The zero-order chi connectivity index (χ0) is 15.2. The minimum absolute atomic E-state index is 0.214. The highest BCUT2D eigenvalue weighted by molar-refractivity contribution is 5.92. The molecule has 0 saturated heterocycles. The van der Waals surface area contributed by atoms with Crippen molar-refractivity contribution in [2.45, 2.75) is 25.9 Å².